The fourth-order valence-electron chi connectivity index (χ4n) is 2.27. The normalized spacial score (nSPS) is 17.0. The summed E-state index contributed by atoms with van der Waals surface area (Å²) in [5.74, 6) is 0. The monoisotopic (exact) mass is 239 g/mol. The third kappa shape index (κ3) is 2.57. The maximum absolute atomic E-state index is 11.8. The van der Waals surface area contributed by atoms with Gasteiger partial charge in [0.05, 0.1) is 6.61 Å². The molecule has 0 spiro atoms. The van der Waals surface area contributed by atoms with Gasteiger partial charge in [-0.25, -0.2) is 14.2 Å². The third-order valence-corrected chi connectivity index (χ3v) is 3.06. The topological polar surface area (TPSA) is 77.0 Å². The van der Waals surface area contributed by atoms with Gasteiger partial charge in [-0.05, 0) is 19.8 Å². The lowest BCUT2D eigenvalue weighted by molar-refractivity contribution is 0.290. The number of nitrogens with zero attached hydrogens (tertiary/aromatic N) is 2. The number of H-pyrrole nitrogens is 1. The molecule has 1 N–H and O–H groups in total. The molecule has 0 unspecified atom stereocenters. The molecule has 0 aliphatic heterocycles. The highest BCUT2D eigenvalue weighted by Crippen LogP contribution is 2.25. The summed E-state index contributed by atoms with van der Waals surface area (Å²) >= 11 is 0. The number of aromatic nitrogens is 3. The fraction of sp³-hybridized carbons (Fsp3) is 0.727. The maximum Gasteiger partial charge on any atom is 0.356 e. The van der Waals surface area contributed by atoms with Gasteiger partial charge in [0.25, 0.3) is 0 Å². The molecule has 0 radical (unpaired) electrons. The molecular formula is C11H17N3O3. The van der Waals surface area contributed by atoms with Crippen molar-refractivity contribution in [3.63, 3.8) is 0 Å². The Morgan fingerprint density at radius 2 is 2.06 bits per heavy atom. The molecule has 1 saturated carbocycles. The molecule has 1 aliphatic carbocycles. The van der Waals surface area contributed by atoms with E-state index >= 15 is 0 Å². The fourth-order valence-corrected chi connectivity index (χ4v) is 2.27. The van der Waals surface area contributed by atoms with Gasteiger partial charge in [0.15, 0.2) is 0 Å². The van der Waals surface area contributed by atoms with E-state index in [0.29, 0.717) is 6.61 Å². The van der Waals surface area contributed by atoms with Crippen molar-refractivity contribution >= 4 is 0 Å². The van der Waals surface area contributed by atoms with Crippen LogP contribution in [0.2, 0.25) is 0 Å². The van der Waals surface area contributed by atoms with Crippen molar-refractivity contribution < 1.29 is 4.74 Å². The van der Waals surface area contributed by atoms with Crippen molar-refractivity contribution in [3.8, 4) is 6.01 Å². The van der Waals surface area contributed by atoms with Gasteiger partial charge in [-0.3, -0.25) is 4.98 Å². The maximum atomic E-state index is 11.8. The Hall–Kier alpha value is -1.59. The molecule has 0 bridgehead atoms. The first kappa shape index (κ1) is 11.9. The Morgan fingerprint density at radius 1 is 1.35 bits per heavy atom. The summed E-state index contributed by atoms with van der Waals surface area (Å²) in [6.07, 6.45) is 5.04. The minimum Gasteiger partial charge on any atom is -0.465 e. The van der Waals surface area contributed by atoms with Gasteiger partial charge in [-0.15, -0.1) is 4.98 Å². The number of hydrogen-bond acceptors (Lipinski definition) is 4. The predicted molar refractivity (Wildman–Crippen MR) is 62.4 cm³/mol. The molecule has 1 aromatic heterocycles. The molecule has 0 saturated heterocycles. The standard InChI is InChI=1S/C11H17N3O3/c1-2-17-9-12-10(15)14(11(16)13-9)8-6-4-3-5-7-8/h8H,2-7H2,1H3,(H,12,13,15,16). The third-order valence-electron chi connectivity index (χ3n) is 3.06. The Labute approximate surface area is 98.7 Å². The highest BCUT2D eigenvalue weighted by atomic mass is 16.5. The van der Waals surface area contributed by atoms with Crippen molar-refractivity contribution in [2.24, 2.45) is 0 Å². The first-order valence-corrected chi connectivity index (χ1v) is 6.08. The Morgan fingerprint density at radius 3 is 2.65 bits per heavy atom. The van der Waals surface area contributed by atoms with E-state index in [4.69, 9.17) is 4.74 Å². The molecule has 2 rings (SSSR count). The first-order chi connectivity index (χ1) is 8.22. The predicted octanol–water partition coefficient (Wildman–Crippen LogP) is 0.835. The van der Waals surface area contributed by atoms with E-state index in [-0.39, 0.29) is 12.1 Å². The van der Waals surface area contributed by atoms with Gasteiger partial charge < -0.3 is 4.74 Å². The molecule has 17 heavy (non-hydrogen) atoms. The molecule has 0 amide bonds. The van der Waals surface area contributed by atoms with Crippen LogP contribution >= 0.6 is 0 Å². The largest absolute Gasteiger partial charge is 0.465 e. The molecule has 1 aromatic rings. The molecule has 1 aliphatic rings. The van der Waals surface area contributed by atoms with E-state index in [0.717, 1.165) is 25.7 Å². The highest BCUT2D eigenvalue weighted by molar-refractivity contribution is 4.91. The van der Waals surface area contributed by atoms with Crippen molar-refractivity contribution in [3.05, 3.63) is 21.0 Å². The summed E-state index contributed by atoms with van der Waals surface area (Å²) in [5.41, 5.74) is -0.926. The average Bonchev–Trinajstić information content (AvgIpc) is 2.30. The van der Waals surface area contributed by atoms with Crippen LogP contribution in [0.15, 0.2) is 9.59 Å². The van der Waals surface area contributed by atoms with Crippen LogP contribution < -0.4 is 16.1 Å². The molecule has 6 heteroatoms. The van der Waals surface area contributed by atoms with Gasteiger partial charge in [0.1, 0.15) is 0 Å². The molecule has 0 aromatic carbocycles. The Balaban J connectivity index is 2.34. The summed E-state index contributed by atoms with van der Waals surface area (Å²) in [5, 5.41) is 0. The minimum atomic E-state index is -0.510. The SMILES string of the molecule is CCOc1nc(=O)n(C2CCCCC2)c(=O)[nH]1. The first-order valence-electron chi connectivity index (χ1n) is 6.08. The van der Waals surface area contributed by atoms with E-state index in [1.807, 2.05) is 0 Å². The molecular weight excluding hydrogens is 222 g/mol. The zero-order valence-electron chi connectivity index (χ0n) is 9.94. The van der Waals surface area contributed by atoms with Crippen LogP contribution in [0.5, 0.6) is 6.01 Å². The van der Waals surface area contributed by atoms with Crippen molar-refractivity contribution in [2.45, 2.75) is 45.1 Å². The number of hydrogen-bond donors (Lipinski definition) is 1. The lowest BCUT2D eigenvalue weighted by atomic mass is 9.95. The number of ether oxygens (including phenoxy) is 1. The Kier molecular flexibility index (Phi) is 3.61. The summed E-state index contributed by atoms with van der Waals surface area (Å²) < 4.78 is 6.25. The average molecular weight is 239 g/mol. The lowest BCUT2D eigenvalue weighted by Gasteiger charge is -2.22. The summed E-state index contributed by atoms with van der Waals surface area (Å²) in [4.78, 5) is 29.8. The zero-order chi connectivity index (χ0) is 12.3. The molecule has 94 valence electrons. The number of aromatic amines is 1. The van der Waals surface area contributed by atoms with Crippen molar-refractivity contribution in [1.29, 1.82) is 0 Å². The van der Waals surface area contributed by atoms with Gasteiger partial charge in [0.2, 0.25) is 0 Å². The van der Waals surface area contributed by atoms with Crippen LogP contribution in [-0.4, -0.2) is 21.1 Å². The van der Waals surface area contributed by atoms with E-state index < -0.39 is 11.4 Å². The number of rotatable bonds is 3. The van der Waals surface area contributed by atoms with Crippen molar-refractivity contribution in [2.75, 3.05) is 6.61 Å². The highest BCUT2D eigenvalue weighted by Gasteiger charge is 2.19. The van der Waals surface area contributed by atoms with Crippen LogP contribution in [0, 0.1) is 0 Å². The molecule has 0 atom stereocenters. The summed E-state index contributed by atoms with van der Waals surface area (Å²) in [6.45, 7) is 2.14. The summed E-state index contributed by atoms with van der Waals surface area (Å²) in [6, 6.07) is -0.00210. The van der Waals surface area contributed by atoms with Gasteiger partial charge in [0, 0.05) is 6.04 Å². The van der Waals surface area contributed by atoms with Gasteiger partial charge in [-0.2, -0.15) is 0 Å². The lowest BCUT2D eigenvalue weighted by Crippen LogP contribution is -2.40. The quantitative estimate of drug-likeness (QED) is 0.847. The van der Waals surface area contributed by atoms with Gasteiger partial charge in [-0.1, -0.05) is 19.3 Å². The zero-order valence-corrected chi connectivity index (χ0v) is 9.94. The van der Waals surface area contributed by atoms with Gasteiger partial charge >= 0.3 is 17.4 Å². The van der Waals surface area contributed by atoms with Crippen LogP contribution in [0.1, 0.15) is 45.1 Å². The molecule has 1 fully saturated rings. The summed E-state index contributed by atoms with van der Waals surface area (Å²) in [7, 11) is 0. The second kappa shape index (κ2) is 5.16. The van der Waals surface area contributed by atoms with E-state index in [9.17, 15) is 9.59 Å². The number of nitrogens with one attached hydrogen (secondary N) is 1. The van der Waals surface area contributed by atoms with E-state index in [1.54, 1.807) is 6.92 Å². The molecule has 6 nitrogen and oxygen atoms in total. The van der Waals surface area contributed by atoms with Crippen LogP contribution in [0.25, 0.3) is 0 Å². The second-order valence-corrected chi connectivity index (χ2v) is 4.22. The smallest absolute Gasteiger partial charge is 0.356 e. The second-order valence-electron chi connectivity index (χ2n) is 4.22. The van der Waals surface area contributed by atoms with E-state index in [1.165, 1.54) is 11.0 Å². The van der Waals surface area contributed by atoms with Crippen molar-refractivity contribution in [1.82, 2.24) is 14.5 Å². The Bertz CT molecular complexity index is 454. The van der Waals surface area contributed by atoms with Crippen LogP contribution in [0.4, 0.5) is 0 Å². The minimum absolute atomic E-state index is 0.00885. The molecule has 1 heterocycles. The van der Waals surface area contributed by atoms with Crippen LogP contribution in [-0.2, 0) is 0 Å². The van der Waals surface area contributed by atoms with Crippen LogP contribution in [0.3, 0.4) is 0 Å². The van der Waals surface area contributed by atoms with E-state index in [2.05, 4.69) is 9.97 Å².